The maximum atomic E-state index is 5.42. The third kappa shape index (κ3) is 2.87. The average Bonchev–Trinajstić information content (AvgIpc) is 2.67. The van der Waals surface area contributed by atoms with Crippen LogP contribution in [0.4, 0.5) is 0 Å². The Morgan fingerprint density at radius 3 is 1.52 bits per heavy atom. The van der Waals surface area contributed by atoms with E-state index in [1.807, 2.05) is 36.9 Å². The number of aromatic nitrogens is 2. The number of pyridine rings is 2. The molecule has 2 aromatic carbocycles. The van der Waals surface area contributed by atoms with Crippen molar-refractivity contribution in [1.82, 2.24) is 0 Å². The fourth-order valence-corrected chi connectivity index (χ4v) is 3.30. The lowest BCUT2D eigenvalue weighted by Crippen LogP contribution is -2.41. The summed E-state index contributed by atoms with van der Waals surface area (Å²) in [7, 11) is 3.35. The van der Waals surface area contributed by atoms with Gasteiger partial charge in [0.2, 0.25) is 24.8 Å². The molecule has 0 aliphatic carbocycles. The predicted octanol–water partition coefficient (Wildman–Crippen LogP) is 2.28. The van der Waals surface area contributed by atoms with Crippen LogP contribution in [0.3, 0.4) is 0 Å². The summed E-state index contributed by atoms with van der Waals surface area (Å²) < 4.78 is 3.51. The van der Waals surface area contributed by atoms with Gasteiger partial charge in [0, 0.05) is 27.0 Å². The first-order chi connectivity index (χ1) is 12.3. The van der Waals surface area contributed by atoms with Gasteiger partial charge >= 0.3 is 0 Å². The van der Waals surface area contributed by atoms with Crippen LogP contribution in [0.15, 0.2) is 73.3 Å². The molecule has 0 unspecified atom stereocenters. The number of fused-ring (bicyclic) bond motifs is 2. The number of hydrogen-bond donors (Lipinski definition) is 0. The molecule has 0 saturated heterocycles. The SMILES string of the molecule is CO[n+]1cc(Cc2c[n+](OC)cc3ccccc23)c2ccccc2c1. The van der Waals surface area contributed by atoms with Crippen molar-refractivity contribution in [3.63, 3.8) is 0 Å². The Kier molecular flexibility index (Phi) is 3.94. The van der Waals surface area contributed by atoms with Crippen molar-refractivity contribution in [3.8, 4) is 0 Å². The smallest absolute Gasteiger partial charge is 0.230 e. The summed E-state index contributed by atoms with van der Waals surface area (Å²) in [5.41, 5.74) is 2.41. The Bertz CT molecular complexity index is 975. The van der Waals surface area contributed by atoms with Crippen LogP contribution in [0.2, 0.25) is 0 Å². The van der Waals surface area contributed by atoms with Gasteiger partial charge in [-0.3, -0.25) is 9.68 Å². The molecule has 0 N–H and O–H groups in total. The van der Waals surface area contributed by atoms with E-state index in [1.165, 1.54) is 21.9 Å². The summed E-state index contributed by atoms with van der Waals surface area (Å²) in [5, 5.41) is 4.77. The third-order valence-electron chi connectivity index (χ3n) is 4.51. The molecule has 2 aromatic heterocycles. The molecule has 25 heavy (non-hydrogen) atoms. The second-order valence-electron chi connectivity index (χ2n) is 6.00. The average molecular weight is 332 g/mol. The lowest BCUT2D eigenvalue weighted by Gasteiger charge is -2.07. The molecule has 0 fully saturated rings. The zero-order chi connectivity index (χ0) is 17.2. The molecule has 4 nitrogen and oxygen atoms in total. The molecule has 0 saturated carbocycles. The van der Waals surface area contributed by atoms with Gasteiger partial charge in [-0.2, -0.15) is 0 Å². The highest BCUT2D eigenvalue weighted by atomic mass is 16.6. The van der Waals surface area contributed by atoms with E-state index in [9.17, 15) is 0 Å². The van der Waals surface area contributed by atoms with Gasteiger partial charge in [-0.25, -0.2) is 0 Å². The third-order valence-corrected chi connectivity index (χ3v) is 4.51. The molecule has 2 heterocycles. The van der Waals surface area contributed by atoms with E-state index in [-0.39, 0.29) is 0 Å². The summed E-state index contributed by atoms with van der Waals surface area (Å²) in [6, 6.07) is 16.7. The summed E-state index contributed by atoms with van der Waals surface area (Å²) >= 11 is 0. The van der Waals surface area contributed by atoms with Gasteiger partial charge in [0.25, 0.3) is 0 Å². The number of benzene rings is 2. The topological polar surface area (TPSA) is 26.2 Å². The van der Waals surface area contributed by atoms with Crippen molar-refractivity contribution in [2.24, 2.45) is 0 Å². The molecule has 124 valence electrons. The summed E-state index contributed by atoms with van der Waals surface area (Å²) in [4.78, 5) is 10.8. The fourth-order valence-electron chi connectivity index (χ4n) is 3.30. The summed E-state index contributed by atoms with van der Waals surface area (Å²) in [6.07, 6.45) is 8.87. The van der Waals surface area contributed by atoms with E-state index < -0.39 is 0 Å². The molecule has 0 bridgehead atoms. The second kappa shape index (κ2) is 6.40. The van der Waals surface area contributed by atoms with E-state index in [2.05, 4.69) is 36.4 Å². The maximum absolute atomic E-state index is 5.42. The number of nitrogens with zero attached hydrogens (tertiary/aromatic N) is 2. The van der Waals surface area contributed by atoms with Crippen LogP contribution in [0.25, 0.3) is 21.5 Å². The minimum atomic E-state index is 0.787. The van der Waals surface area contributed by atoms with Crippen molar-refractivity contribution in [2.45, 2.75) is 6.42 Å². The largest absolute Gasteiger partial charge is 0.275 e. The van der Waals surface area contributed by atoms with Gasteiger partial charge in [0.1, 0.15) is 14.2 Å². The first-order valence-corrected chi connectivity index (χ1v) is 8.23. The predicted molar refractivity (Wildman–Crippen MR) is 96.1 cm³/mol. The highest BCUT2D eigenvalue weighted by Crippen LogP contribution is 2.23. The van der Waals surface area contributed by atoms with Gasteiger partial charge in [-0.05, 0) is 22.9 Å². The first-order valence-electron chi connectivity index (χ1n) is 8.23. The standard InChI is InChI=1S/C21H20N2O2/c1-24-22-12-16-7-3-5-9-20(16)18(14-22)11-19-15-23(25-2)13-17-8-4-6-10-21(17)19/h3-10,12-15H,11H2,1-2H3/q+2. The minimum Gasteiger partial charge on any atom is -0.275 e. The molecule has 0 radical (unpaired) electrons. The molecule has 0 amide bonds. The highest BCUT2D eigenvalue weighted by Gasteiger charge is 2.16. The van der Waals surface area contributed by atoms with Crippen molar-refractivity contribution in [3.05, 3.63) is 84.4 Å². The van der Waals surface area contributed by atoms with Crippen LogP contribution in [0, 0.1) is 0 Å². The van der Waals surface area contributed by atoms with E-state index >= 15 is 0 Å². The van der Waals surface area contributed by atoms with Crippen molar-refractivity contribution in [2.75, 3.05) is 14.2 Å². The molecular formula is C21H20N2O2+2. The van der Waals surface area contributed by atoms with Crippen LogP contribution < -0.4 is 19.1 Å². The minimum absolute atomic E-state index is 0.787. The van der Waals surface area contributed by atoms with Gasteiger partial charge in [-0.1, -0.05) is 36.4 Å². The van der Waals surface area contributed by atoms with Crippen LogP contribution in [-0.4, -0.2) is 14.2 Å². The lowest BCUT2D eigenvalue weighted by atomic mass is 9.98. The normalized spacial score (nSPS) is 11.0. The maximum Gasteiger partial charge on any atom is 0.230 e. The van der Waals surface area contributed by atoms with Gasteiger partial charge < -0.3 is 0 Å². The van der Waals surface area contributed by atoms with E-state index in [4.69, 9.17) is 9.68 Å². The quantitative estimate of drug-likeness (QED) is 0.536. The second-order valence-corrected chi connectivity index (χ2v) is 6.00. The first kappa shape index (κ1) is 15.4. The molecule has 0 aliphatic rings. The van der Waals surface area contributed by atoms with E-state index in [0.29, 0.717) is 0 Å². The fraction of sp³-hybridized carbons (Fsp3) is 0.143. The molecule has 4 aromatic rings. The molecule has 4 rings (SSSR count). The molecule has 0 spiro atoms. The highest BCUT2D eigenvalue weighted by molar-refractivity contribution is 5.87. The van der Waals surface area contributed by atoms with E-state index in [1.54, 1.807) is 23.7 Å². The Hall–Kier alpha value is -3.14. The Morgan fingerprint density at radius 1 is 0.640 bits per heavy atom. The Balaban J connectivity index is 1.91. The molecule has 4 heteroatoms. The van der Waals surface area contributed by atoms with Crippen LogP contribution in [-0.2, 0) is 6.42 Å². The molecule has 0 atom stereocenters. The lowest BCUT2D eigenvalue weighted by molar-refractivity contribution is -0.885. The molecule has 0 aliphatic heterocycles. The van der Waals surface area contributed by atoms with Crippen molar-refractivity contribution in [1.29, 1.82) is 0 Å². The summed E-state index contributed by atoms with van der Waals surface area (Å²) in [6.45, 7) is 0. The van der Waals surface area contributed by atoms with Crippen LogP contribution in [0.1, 0.15) is 11.1 Å². The monoisotopic (exact) mass is 332 g/mol. The van der Waals surface area contributed by atoms with Crippen LogP contribution in [0.5, 0.6) is 0 Å². The van der Waals surface area contributed by atoms with Gasteiger partial charge in [-0.15, -0.1) is 0 Å². The molecular weight excluding hydrogens is 312 g/mol. The number of rotatable bonds is 4. The number of hydrogen-bond acceptors (Lipinski definition) is 2. The summed E-state index contributed by atoms with van der Waals surface area (Å²) in [5.74, 6) is 0. The Labute approximate surface area is 146 Å². The van der Waals surface area contributed by atoms with Gasteiger partial charge in [0.05, 0.1) is 10.8 Å². The van der Waals surface area contributed by atoms with Crippen molar-refractivity contribution < 1.29 is 19.1 Å². The zero-order valence-electron chi connectivity index (χ0n) is 14.3. The van der Waals surface area contributed by atoms with Crippen LogP contribution >= 0.6 is 0 Å². The van der Waals surface area contributed by atoms with E-state index in [0.717, 1.165) is 17.2 Å². The van der Waals surface area contributed by atoms with Crippen molar-refractivity contribution >= 4 is 21.5 Å². The zero-order valence-corrected chi connectivity index (χ0v) is 14.3. The Morgan fingerprint density at radius 2 is 1.08 bits per heavy atom. The van der Waals surface area contributed by atoms with Gasteiger partial charge in [0.15, 0.2) is 0 Å².